The molecule has 1 amide bonds. The summed E-state index contributed by atoms with van der Waals surface area (Å²) >= 11 is 1.61. The van der Waals surface area contributed by atoms with Crippen molar-refractivity contribution in [3.8, 4) is 0 Å². The quantitative estimate of drug-likeness (QED) is 0.826. The highest BCUT2D eigenvalue weighted by atomic mass is 32.2. The maximum Gasteiger partial charge on any atom is 0.230 e. The Bertz CT molecular complexity index is 650. The molecule has 6 heteroatoms. The molecular formula is C18H25N3O2S. The fourth-order valence-corrected chi connectivity index (χ4v) is 2.78. The van der Waals surface area contributed by atoms with Gasteiger partial charge in [-0.25, -0.2) is 0 Å². The Morgan fingerprint density at radius 2 is 2.00 bits per heavy atom. The van der Waals surface area contributed by atoms with Gasteiger partial charge in [0.1, 0.15) is 6.04 Å². The third-order valence-corrected chi connectivity index (χ3v) is 4.55. The Balaban J connectivity index is 2.16. The van der Waals surface area contributed by atoms with E-state index in [0.717, 1.165) is 18.4 Å². The number of hydrogen-bond acceptors (Lipinski definition) is 5. The van der Waals surface area contributed by atoms with Gasteiger partial charge in [-0.1, -0.05) is 63.2 Å². The molecule has 0 saturated carbocycles. The van der Waals surface area contributed by atoms with Gasteiger partial charge in [0.25, 0.3) is 0 Å². The van der Waals surface area contributed by atoms with Crippen LogP contribution >= 0.6 is 11.8 Å². The summed E-state index contributed by atoms with van der Waals surface area (Å²) in [6.45, 7) is 8.34. The molecule has 0 aliphatic heterocycles. The second kappa shape index (κ2) is 8.33. The van der Waals surface area contributed by atoms with E-state index in [9.17, 15) is 4.79 Å². The van der Waals surface area contributed by atoms with Gasteiger partial charge in [-0.15, -0.1) is 11.8 Å². The first-order valence-electron chi connectivity index (χ1n) is 8.20. The first-order valence-corrected chi connectivity index (χ1v) is 9.18. The molecule has 2 aromatic rings. The molecule has 0 bridgehead atoms. The molecule has 2 rings (SSSR count). The maximum absolute atomic E-state index is 12.4. The summed E-state index contributed by atoms with van der Waals surface area (Å²) in [4.78, 5) is 16.8. The number of hydrogen-bond donors (Lipinski definition) is 1. The summed E-state index contributed by atoms with van der Waals surface area (Å²) < 4.78 is 5.33. The summed E-state index contributed by atoms with van der Waals surface area (Å²) in [5, 5.41) is 7.10. The van der Waals surface area contributed by atoms with Crippen molar-refractivity contribution in [3.05, 3.63) is 47.6 Å². The minimum Gasteiger partial charge on any atom is -0.341 e. The molecule has 1 atom stereocenters. The number of aryl methyl sites for hydroxylation is 1. The van der Waals surface area contributed by atoms with E-state index in [1.54, 1.807) is 11.8 Å². The van der Waals surface area contributed by atoms with E-state index < -0.39 is 6.04 Å². The third kappa shape index (κ3) is 5.67. The fraction of sp³-hybridized carbons (Fsp3) is 0.500. The molecule has 0 aliphatic carbocycles. The minimum atomic E-state index is -0.395. The number of nitrogens with one attached hydrogen (secondary N) is 1. The van der Waals surface area contributed by atoms with Crippen LogP contribution in [0.15, 0.2) is 34.9 Å². The normalized spacial score (nSPS) is 12.8. The van der Waals surface area contributed by atoms with Crippen LogP contribution < -0.4 is 5.32 Å². The molecular weight excluding hydrogens is 322 g/mol. The van der Waals surface area contributed by atoms with Gasteiger partial charge in [0.2, 0.25) is 11.8 Å². The lowest BCUT2D eigenvalue weighted by atomic mass is 10.1. The van der Waals surface area contributed by atoms with E-state index in [4.69, 9.17) is 4.52 Å². The smallest absolute Gasteiger partial charge is 0.230 e. The van der Waals surface area contributed by atoms with E-state index in [0.29, 0.717) is 17.5 Å². The molecule has 0 aliphatic rings. The van der Waals surface area contributed by atoms with Crippen LogP contribution in [0.25, 0.3) is 0 Å². The second-order valence-electron chi connectivity index (χ2n) is 6.61. The Morgan fingerprint density at radius 3 is 2.62 bits per heavy atom. The van der Waals surface area contributed by atoms with Crippen molar-refractivity contribution < 1.29 is 9.32 Å². The van der Waals surface area contributed by atoms with Crippen LogP contribution in [0, 0.1) is 0 Å². The number of aromatic nitrogens is 2. The molecule has 24 heavy (non-hydrogen) atoms. The average molecular weight is 347 g/mol. The molecule has 0 radical (unpaired) electrons. The molecule has 5 nitrogen and oxygen atoms in total. The molecule has 0 saturated heterocycles. The summed E-state index contributed by atoms with van der Waals surface area (Å²) in [6, 6.07) is 9.33. The van der Waals surface area contributed by atoms with Gasteiger partial charge in [0.05, 0.1) is 5.75 Å². The van der Waals surface area contributed by atoms with Crippen molar-refractivity contribution in [3.63, 3.8) is 0 Å². The van der Waals surface area contributed by atoms with E-state index in [1.165, 1.54) is 0 Å². The van der Waals surface area contributed by atoms with Crippen LogP contribution in [0.4, 0.5) is 0 Å². The van der Waals surface area contributed by atoms with Crippen molar-refractivity contribution in [2.45, 2.75) is 51.3 Å². The fourth-order valence-electron chi connectivity index (χ4n) is 2.13. The van der Waals surface area contributed by atoms with Crippen molar-refractivity contribution in [2.24, 2.45) is 0 Å². The van der Waals surface area contributed by atoms with Gasteiger partial charge in [-0.2, -0.15) is 4.98 Å². The Labute approximate surface area is 147 Å². The number of carbonyl (C=O) groups excluding carboxylic acids is 1. The molecule has 0 spiro atoms. The van der Waals surface area contributed by atoms with Crippen molar-refractivity contribution in [2.75, 3.05) is 5.75 Å². The largest absolute Gasteiger partial charge is 0.341 e. The van der Waals surface area contributed by atoms with E-state index >= 15 is 0 Å². The zero-order valence-electron chi connectivity index (χ0n) is 14.7. The van der Waals surface area contributed by atoms with Crippen LogP contribution in [0.3, 0.4) is 0 Å². The molecule has 0 fully saturated rings. The van der Waals surface area contributed by atoms with Crippen molar-refractivity contribution in [1.29, 1.82) is 0 Å². The lowest BCUT2D eigenvalue weighted by Gasteiger charge is -2.19. The molecule has 130 valence electrons. The number of carbonyl (C=O) groups is 1. The molecule has 1 N–H and O–H groups in total. The lowest BCUT2D eigenvalue weighted by molar-refractivity contribution is -0.119. The predicted octanol–water partition coefficient (Wildman–Crippen LogP) is 3.76. The van der Waals surface area contributed by atoms with Crippen LogP contribution in [0.1, 0.15) is 57.4 Å². The first kappa shape index (κ1) is 18.5. The summed E-state index contributed by atoms with van der Waals surface area (Å²) in [7, 11) is 0. The Kier molecular flexibility index (Phi) is 6.43. The molecule has 1 unspecified atom stereocenters. The highest BCUT2D eigenvalue weighted by molar-refractivity contribution is 8.01. The van der Waals surface area contributed by atoms with Gasteiger partial charge >= 0.3 is 0 Å². The maximum atomic E-state index is 12.4. The van der Waals surface area contributed by atoms with E-state index in [-0.39, 0.29) is 10.7 Å². The summed E-state index contributed by atoms with van der Waals surface area (Å²) in [6.07, 6.45) is 1.68. The third-order valence-electron chi connectivity index (χ3n) is 3.28. The number of rotatable bonds is 7. The zero-order chi connectivity index (χ0) is 17.6. The Hall–Kier alpha value is -1.82. The number of thioether (sulfide) groups is 1. The SMILES string of the molecule is CCCc1nc(C(NC(=O)CSC(C)(C)C)c2ccccc2)no1. The van der Waals surface area contributed by atoms with Crippen molar-refractivity contribution >= 4 is 17.7 Å². The van der Waals surface area contributed by atoms with Crippen LogP contribution in [0.2, 0.25) is 0 Å². The first-order chi connectivity index (χ1) is 11.4. The average Bonchev–Trinajstić information content (AvgIpc) is 2.99. The highest BCUT2D eigenvalue weighted by Gasteiger charge is 2.23. The van der Waals surface area contributed by atoms with Gasteiger partial charge in [0.15, 0.2) is 5.82 Å². The van der Waals surface area contributed by atoms with E-state index in [2.05, 4.69) is 43.2 Å². The van der Waals surface area contributed by atoms with Crippen LogP contribution in [-0.4, -0.2) is 26.5 Å². The highest BCUT2D eigenvalue weighted by Crippen LogP contribution is 2.24. The van der Waals surface area contributed by atoms with Gasteiger partial charge in [-0.3, -0.25) is 4.79 Å². The minimum absolute atomic E-state index is 0.0365. The number of nitrogens with zero attached hydrogens (tertiary/aromatic N) is 2. The standard InChI is InChI=1S/C18H25N3O2S/c1-5-9-15-20-17(21-23-15)16(13-10-7-6-8-11-13)19-14(22)12-24-18(2,3)4/h6-8,10-11,16H,5,9,12H2,1-4H3,(H,19,22). The molecule has 1 aromatic heterocycles. The van der Waals surface area contributed by atoms with Gasteiger partial charge in [0, 0.05) is 11.2 Å². The second-order valence-corrected chi connectivity index (χ2v) is 8.41. The van der Waals surface area contributed by atoms with Gasteiger partial charge in [-0.05, 0) is 12.0 Å². The Morgan fingerprint density at radius 1 is 1.29 bits per heavy atom. The van der Waals surface area contributed by atoms with Crippen LogP contribution in [-0.2, 0) is 11.2 Å². The molecule has 1 aromatic carbocycles. The van der Waals surface area contributed by atoms with Gasteiger partial charge < -0.3 is 9.84 Å². The van der Waals surface area contributed by atoms with Crippen molar-refractivity contribution in [1.82, 2.24) is 15.5 Å². The molecule has 1 heterocycles. The van der Waals surface area contributed by atoms with E-state index in [1.807, 2.05) is 30.3 Å². The number of benzene rings is 1. The lowest BCUT2D eigenvalue weighted by Crippen LogP contribution is -2.32. The summed E-state index contributed by atoms with van der Waals surface area (Å²) in [5.41, 5.74) is 0.940. The monoisotopic (exact) mass is 347 g/mol. The van der Waals surface area contributed by atoms with Crippen LogP contribution in [0.5, 0.6) is 0 Å². The topological polar surface area (TPSA) is 68.0 Å². The zero-order valence-corrected chi connectivity index (χ0v) is 15.5. The predicted molar refractivity (Wildman–Crippen MR) is 96.9 cm³/mol. The summed E-state index contributed by atoms with van der Waals surface area (Å²) in [5.74, 6) is 1.46. The number of amides is 1.